The molecule has 1 aromatic heterocycles. The molecule has 2 rings (SSSR count). The summed E-state index contributed by atoms with van der Waals surface area (Å²) in [6.07, 6.45) is 2.41. The average Bonchev–Trinajstić information content (AvgIpc) is 2.69. The molecule has 0 saturated heterocycles. The third-order valence-electron chi connectivity index (χ3n) is 4.00. The third-order valence-corrected chi connectivity index (χ3v) is 6.07. The molecule has 29 heavy (non-hydrogen) atoms. The average molecular weight is 427 g/mol. The summed E-state index contributed by atoms with van der Waals surface area (Å²) in [4.78, 5) is 23.3. The van der Waals surface area contributed by atoms with Gasteiger partial charge in [0, 0.05) is 18.3 Å². The summed E-state index contributed by atoms with van der Waals surface area (Å²) < 4.78 is 58.3. The Bertz CT molecular complexity index is 1040. The minimum Gasteiger partial charge on any atom is -0.480 e. The number of benzene rings is 1. The molecular formula is C17H19F2N5O4S. The summed E-state index contributed by atoms with van der Waals surface area (Å²) in [6.45, 7) is 0.733. The van der Waals surface area contributed by atoms with Crippen molar-refractivity contribution < 1.29 is 26.7 Å². The molecule has 0 radical (unpaired) electrons. The molecule has 0 bridgehead atoms. The Balaban J connectivity index is 2.26. The second-order valence-corrected chi connectivity index (χ2v) is 8.27. The summed E-state index contributed by atoms with van der Waals surface area (Å²) in [7, 11) is -2.03. The SMILES string of the molecule is C/N=C(/N)[C@@](C)(F)S(=O)(=O)Cc1cc(NC(=O)c2cnc(OC)cn2)ccc1F. The van der Waals surface area contributed by atoms with Crippen LogP contribution in [0.1, 0.15) is 23.0 Å². The van der Waals surface area contributed by atoms with Crippen molar-refractivity contribution in [3.8, 4) is 5.88 Å². The molecule has 2 aromatic rings. The first-order valence-electron chi connectivity index (χ1n) is 8.11. The van der Waals surface area contributed by atoms with Gasteiger partial charge in [0.2, 0.25) is 5.88 Å². The number of anilines is 1. The van der Waals surface area contributed by atoms with Gasteiger partial charge in [0.15, 0.2) is 9.84 Å². The zero-order chi connectivity index (χ0) is 21.8. The smallest absolute Gasteiger partial charge is 0.275 e. The predicted molar refractivity (Wildman–Crippen MR) is 103 cm³/mol. The van der Waals surface area contributed by atoms with Crippen molar-refractivity contribution in [2.75, 3.05) is 19.5 Å². The van der Waals surface area contributed by atoms with Gasteiger partial charge < -0.3 is 15.8 Å². The van der Waals surface area contributed by atoms with E-state index in [0.29, 0.717) is 0 Å². The van der Waals surface area contributed by atoms with Crippen LogP contribution < -0.4 is 15.8 Å². The van der Waals surface area contributed by atoms with Crippen molar-refractivity contribution >= 4 is 27.3 Å². The number of amides is 1. The van der Waals surface area contributed by atoms with Crippen molar-refractivity contribution in [1.82, 2.24) is 9.97 Å². The molecular weight excluding hydrogens is 408 g/mol. The number of alkyl halides is 1. The number of hydrogen-bond acceptors (Lipinski definition) is 7. The van der Waals surface area contributed by atoms with E-state index in [-0.39, 0.29) is 22.8 Å². The van der Waals surface area contributed by atoms with Gasteiger partial charge in [0.25, 0.3) is 10.9 Å². The zero-order valence-corrected chi connectivity index (χ0v) is 16.6. The van der Waals surface area contributed by atoms with Crippen molar-refractivity contribution in [2.24, 2.45) is 10.7 Å². The van der Waals surface area contributed by atoms with Crippen molar-refractivity contribution in [1.29, 1.82) is 0 Å². The minimum absolute atomic E-state index is 0.0486. The molecule has 0 aliphatic carbocycles. The fraction of sp³-hybridized carbons (Fsp3) is 0.294. The van der Waals surface area contributed by atoms with Gasteiger partial charge in [-0.2, -0.15) is 0 Å². The van der Waals surface area contributed by atoms with E-state index in [4.69, 9.17) is 10.5 Å². The predicted octanol–water partition coefficient (Wildman–Crippen LogP) is 1.46. The molecule has 156 valence electrons. The van der Waals surface area contributed by atoms with E-state index in [1.54, 1.807) is 0 Å². The van der Waals surface area contributed by atoms with Crippen molar-refractivity contribution in [3.63, 3.8) is 0 Å². The molecule has 1 atom stereocenters. The van der Waals surface area contributed by atoms with Gasteiger partial charge in [-0.05, 0) is 25.1 Å². The fourth-order valence-corrected chi connectivity index (χ4v) is 3.51. The van der Waals surface area contributed by atoms with Gasteiger partial charge in [-0.3, -0.25) is 9.79 Å². The van der Waals surface area contributed by atoms with Crippen molar-refractivity contribution in [3.05, 3.63) is 47.7 Å². The number of aromatic nitrogens is 2. The number of carbonyl (C=O) groups is 1. The number of hydrogen-bond donors (Lipinski definition) is 2. The van der Waals surface area contributed by atoms with Crippen LogP contribution in [0.25, 0.3) is 0 Å². The molecule has 0 fully saturated rings. The van der Waals surface area contributed by atoms with Crippen LogP contribution in [0.4, 0.5) is 14.5 Å². The molecule has 0 aliphatic rings. The normalized spacial score (nSPS) is 14.2. The Morgan fingerprint density at radius 3 is 2.59 bits per heavy atom. The summed E-state index contributed by atoms with van der Waals surface area (Å²) >= 11 is 0. The largest absolute Gasteiger partial charge is 0.480 e. The van der Waals surface area contributed by atoms with E-state index >= 15 is 0 Å². The number of sulfone groups is 1. The standard InChI is InChI=1S/C17H19F2N5O4S/c1-17(19,16(20)21-2)29(26,27)9-10-6-11(4-5-12(10)18)24-15(25)13-7-23-14(28-3)8-22-13/h4-8H,9H2,1-3H3,(H2,20,21)(H,24,25)/t17-/m0/s1. The Kier molecular flexibility index (Phi) is 6.47. The number of amidine groups is 1. The maximum absolute atomic E-state index is 14.6. The fourth-order valence-electron chi connectivity index (χ4n) is 2.20. The summed E-state index contributed by atoms with van der Waals surface area (Å²) in [5.74, 6) is -3.09. The molecule has 3 N–H and O–H groups in total. The third kappa shape index (κ3) is 4.83. The Morgan fingerprint density at radius 1 is 1.34 bits per heavy atom. The molecule has 12 heteroatoms. The van der Waals surface area contributed by atoms with E-state index in [9.17, 15) is 22.0 Å². The highest BCUT2D eigenvalue weighted by Gasteiger charge is 2.43. The molecule has 1 amide bonds. The van der Waals surface area contributed by atoms with Gasteiger partial charge in [0.1, 0.15) is 17.3 Å². The molecule has 0 spiro atoms. The molecule has 0 aliphatic heterocycles. The summed E-state index contributed by atoms with van der Waals surface area (Å²) in [5, 5.41) is -0.544. The summed E-state index contributed by atoms with van der Waals surface area (Å²) in [5.41, 5.74) is 5.01. The van der Waals surface area contributed by atoms with Gasteiger partial charge in [-0.15, -0.1) is 0 Å². The Labute approximate surface area is 165 Å². The van der Waals surface area contributed by atoms with E-state index < -0.39 is 38.2 Å². The molecule has 1 aromatic carbocycles. The van der Waals surface area contributed by atoms with Crippen LogP contribution >= 0.6 is 0 Å². The number of nitrogens with two attached hydrogens (primary N) is 1. The van der Waals surface area contributed by atoms with Crippen LogP contribution in [0.5, 0.6) is 5.88 Å². The Morgan fingerprint density at radius 2 is 2.03 bits per heavy atom. The first-order chi connectivity index (χ1) is 13.5. The number of rotatable bonds is 7. The number of nitrogens with one attached hydrogen (secondary N) is 1. The second-order valence-electron chi connectivity index (χ2n) is 5.99. The van der Waals surface area contributed by atoms with Crippen molar-refractivity contribution in [2.45, 2.75) is 17.7 Å². The molecule has 0 unspecified atom stereocenters. The number of aliphatic imine (C=N–C) groups is 1. The highest BCUT2D eigenvalue weighted by Crippen LogP contribution is 2.26. The van der Waals surface area contributed by atoms with Crippen LogP contribution in [0, 0.1) is 5.82 Å². The molecule has 0 saturated carbocycles. The van der Waals surface area contributed by atoms with Crippen LogP contribution in [-0.4, -0.2) is 49.3 Å². The lowest BCUT2D eigenvalue weighted by Crippen LogP contribution is -2.44. The van der Waals surface area contributed by atoms with Gasteiger partial charge in [-0.1, -0.05) is 0 Å². The van der Waals surface area contributed by atoms with E-state index in [1.165, 1.54) is 25.6 Å². The van der Waals surface area contributed by atoms with Gasteiger partial charge in [0.05, 0.1) is 25.3 Å². The number of carbonyl (C=O) groups excluding carboxylic acids is 1. The number of halogens is 2. The van der Waals surface area contributed by atoms with E-state index in [0.717, 1.165) is 26.1 Å². The maximum atomic E-state index is 14.6. The molecule has 9 nitrogen and oxygen atoms in total. The lowest BCUT2D eigenvalue weighted by Gasteiger charge is -2.20. The lowest BCUT2D eigenvalue weighted by atomic mass is 10.2. The lowest BCUT2D eigenvalue weighted by molar-refractivity contribution is 0.102. The number of nitrogens with zero attached hydrogens (tertiary/aromatic N) is 3. The quantitative estimate of drug-likeness (QED) is 0.504. The van der Waals surface area contributed by atoms with E-state index in [1.807, 2.05) is 0 Å². The van der Waals surface area contributed by atoms with Crippen LogP contribution in [0.3, 0.4) is 0 Å². The monoisotopic (exact) mass is 427 g/mol. The first kappa shape index (κ1) is 22.1. The van der Waals surface area contributed by atoms with E-state index in [2.05, 4.69) is 20.3 Å². The minimum atomic E-state index is -4.56. The topological polar surface area (TPSA) is 137 Å². The highest BCUT2D eigenvalue weighted by molar-refractivity contribution is 7.92. The number of ether oxygens (including phenoxy) is 1. The van der Waals surface area contributed by atoms with Crippen LogP contribution in [0.2, 0.25) is 0 Å². The second kappa shape index (κ2) is 8.47. The molecule has 1 heterocycles. The summed E-state index contributed by atoms with van der Waals surface area (Å²) in [6, 6.07) is 3.25. The first-order valence-corrected chi connectivity index (χ1v) is 9.76. The maximum Gasteiger partial charge on any atom is 0.275 e. The number of methoxy groups -OCH3 is 1. The van der Waals surface area contributed by atoms with Gasteiger partial charge >= 0.3 is 0 Å². The zero-order valence-electron chi connectivity index (χ0n) is 15.8. The van der Waals surface area contributed by atoms with Crippen LogP contribution in [-0.2, 0) is 15.6 Å². The van der Waals surface area contributed by atoms with Gasteiger partial charge in [-0.25, -0.2) is 27.2 Å². The van der Waals surface area contributed by atoms with Crippen LogP contribution in [0.15, 0.2) is 35.6 Å². The Hall–Kier alpha value is -3.15. The highest BCUT2D eigenvalue weighted by atomic mass is 32.2.